The molecule has 0 fully saturated rings. The maximum Gasteiger partial charge on any atom is 0.326 e. The van der Waals surface area contributed by atoms with Crippen molar-refractivity contribution < 1.29 is 9.53 Å². The zero-order valence-corrected chi connectivity index (χ0v) is 11.5. The van der Waals surface area contributed by atoms with Crippen molar-refractivity contribution in [2.45, 2.75) is 40.2 Å². The number of ether oxygens (including phenoxy) is 1. The lowest BCUT2D eigenvalue weighted by atomic mass is 10.1. The number of nitriles is 1. The minimum atomic E-state index is -0.452. The standard InChI is InChI=1S/C14H18N2O3/c1-4-5-6-19-13(17)9-16-11(3)7-10(2)12(8-15)14(16)18/h7H,4-6,9H2,1-3H3. The molecular formula is C14H18N2O3. The minimum absolute atomic E-state index is 0.0759. The summed E-state index contributed by atoms with van der Waals surface area (Å²) < 4.78 is 6.30. The molecule has 102 valence electrons. The van der Waals surface area contributed by atoms with E-state index in [1.54, 1.807) is 19.9 Å². The van der Waals surface area contributed by atoms with E-state index in [1.165, 1.54) is 4.57 Å². The van der Waals surface area contributed by atoms with Crippen molar-refractivity contribution in [3.8, 4) is 6.07 Å². The number of carbonyl (C=O) groups excluding carboxylic acids is 1. The Morgan fingerprint density at radius 3 is 2.74 bits per heavy atom. The topological polar surface area (TPSA) is 72.1 Å². The van der Waals surface area contributed by atoms with Crippen molar-refractivity contribution >= 4 is 5.97 Å². The Morgan fingerprint density at radius 1 is 1.47 bits per heavy atom. The number of esters is 1. The molecule has 0 atom stereocenters. The van der Waals surface area contributed by atoms with Crippen LogP contribution in [0.2, 0.25) is 0 Å². The number of hydrogen-bond donors (Lipinski definition) is 0. The molecule has 0 radical (unpaired) electrons. The van der Waals surface area contributed by atoms with Gasteiger partial charge in [-0.3, -0.25) is 9.59 Å². The lowest BCUT2D eigenvalue weighted by Gasteiger charge is -2.11. The minimum Gasteiger partial charge on any atom is -0.464 e. The Bertz CT molecular complexity index is 567. The maximum absolute atomic E-state index is 12.0. The normalized spacial score (nSPS) is 10.0. The molecule has 5 heteroatoms. The van der Waals surface area contributed by atoms with Gasteiger partial charge in [0.2, 0.25) is 0 Å². The van der Waals surface area contributed by atoms with E-state index in [9.17, 15) is 9.59 Å². The van der Waals surface area contributed by atoms with E-state index in [4.69, 9.17) is 10.00 Å². The average Bonchev–Trinajstić information content (AvgIpc) is 2.35. The summed E-state index contributed by atoms with van der Waals surface area (Å²) in [6, 6.07) is 3.59. The zero-order valence-electron chi connectivity index (χ0n) is 11.5. The predicted octanol–water partition coefficient (Wildman–Crippen LogP) is 1.68. The molecule has 1 aromatic rings. The summed E-state index contributed by atoms with van der Waals surface area (Å²) in [5.41, 5.74) is 0.911. The zero-order chi connectivity index (χ0) is 14.4. The first-order valence-electron chi connectivity index (χ1n) is 6.28. The molecule has 0 unspecified atom stereocenters. The molecule has 0 amide bonds. The molecule has 1 rings (SSSR count). The average molecular weight is 262 g/mol. The van der Waals surface area contributed by atoms with E-state index < -0.39 is 11.5 Å². The number of rotatable bonds is 5. The van der Waals surface area contributed by atoms with Gasteiger partial charge >= 0.3 is 5.97 Å². The van der Waals surface area contributed by atoms with Gasteiger partial charge in [0.25, 0.3) is 5.56 Å². The van der Waals surface area contributed by atoms with Crippen molar-refractivity contribution in [3.63, 3.8) is 0 Å². The number of pyridine rings is 1. The summed E-state index contributed by atoms with van der Waals surface area (Å²) in [6.07, 6.45) is 1.74. The van der Waals surface area contributed by atoms with E-state index in [1.807, 2.05) is 13.0 Å². The third kappa shape index (κ3) is 3.68. The van der Waals surface area contributed by atoms with Gasteiger partial charge in [-0.05, 0) is 31.9 Å². The monoisotopic (exact) mass is 262 g/mol. The first-order valence-corrected chi connectivity index (χ1v) is 6.28. The molecule has 19 heavy (non-hydrogen) atoms. The highest BCUT2D eigenvalue weighted by molar-refractivity contribution is 5.69. The Hall–Kier alpha value is -2.09. The van der Waals surface area contributed by atoms with E-state index in [0.29, 0.717) is 17.9 Å². The summed E-state index contributed by atoms with van der Waals surface area (Å²) in [4.78, 5) is 23.7. The number of aryl methyl sites for hydroxylation is 2. The fourth-order valence-electron chi connectivity index (χ4n) is 1.76. The van der Waals surface area contributed by atoms with Crippen molar-refractivity contribution in [2.75, 3.05) is 6.61 Å². The molecule has 5 nitrogen and oxygen atoms in total. The Labute approximate surface area is 112 Å². The largest absolute Gasteiger partial charge is 0.464 e. The van der Waals surface area contributed by atoms with Gasteiger partial charge in [0.05, 0.1) is 6.61 Å². The van der Waals surface area contributed by atoms with Gasteiger partial charge in [-0.1, -0.05) is 13.3 Å². The number of unbranched alkanes of at least 4 members (excludes halogenated alkanes) is 1. The van der Waals surface area contributed by atoms with Crippen LogP contribution in [0.15, 0.2) is 10.9 Å². The van der Waals surface area contributed by atoms with Gasteiger partial charge in [-0.15, -0.1) is 0 Å². The number of nitrogens with zero attached hydrogens (tertiary/aromatic N) is 2. The number of carbonyl (C=O) groups is 1. The molecule has 1 aromatic heterocycles. The van der Waals surface area contributed by atoms with Crippen LogP contribution in [0.4, 0.5) is 0 Å². The van der Waals surface area contributed by atoms with E-state index >= 15 is 0 Å². The van der Waals surface area contributed by atoms with Crippen molar-refractivity contribution in [2.24, 2.45) is 0 Å². The van der Waals surface area contributed by atoms with Gasteiger partial charge in [-0.2, -0.15) is 5.26 Å². The second-order valence-corrected chi connectivity index (χ2v) is 4.42. The lowest BCUT2D eigenvalue weighted by molar-refractivity contribution is -0.144. The van der Waals surface area contributed by atoms with Crippen LogP contribution in [0.3, 0.4) is 0 Å². The molecule has 0 bridgehead atoms. The van der Waals surface area contributed by atoms with Crippen molar-refractivity contribution in [3.05, 3.63) is 33.2 Å². The van der Waals surface area contributed by atoms with Crippen LogP contribution in [0.1, 0.15) is 36.6 Å². The van der Waals surface area contributed by atoms with Crippen LogP contribution in [-0.2, 0) is 16.1 Å². The quantitative estimate of drug-likeness (QED) is 0.598. The summed E-state index contributed by atoms with van der Waals surface area (Å²) in [7, 11) is 0. The summed E-state index contributed by atoms with van der Waals surface area (Å²) in [5.74, 6) is -0.452. The van der Waals surface area contributed by atoms with Crippen molar-refractivity contribution in [1.29, 1.82) is 5.26 Å². The van der Waals surface area contributed by atoms with Crippen molar-refractivity contribution in [1.82, 2.24) is 4.57 Å². The van der Waals surface area contributed by atoms with Crippen LogP contribution in [0.25, 0.3) is 0 Å². The highest BCUT2D eigenvalue weighted by atomic mass is 16.5. The maximum atomic E-state index is 12.0. The van der Waals surface area contributed by atoms with Gasteiger partial charge in [0.15, 0.2) is 0 Å². The van der Waals surface area contributed by atoms with E-state index in [2.05, 4.69) is 0 Å². The number of aromatic nitrogens is 1. The van der Waals surface area contributed by atoms with Crippen LogP contribution < -0.4 is 5.56 Å². The highest BCUT2D eigenvalue weighted by Gasteiger charge is 2.13. The first kappa shape index (κ1) is 15.0. The van der Waals surface area contributed by atoms with E-state index in [0.717, 1.165) is 12.8 Å². The van der Waals surface area contributed by atoms with Gasteiger partial charge in [-0.25, -0.2) is 0 Å². The lowest BCUT2D eigenvalue weighted by Crippen LogP contribution is -2.29. The van der Waals surface area contributed by atoms with Gasteiger partial charge in [0.1, 0.15) is 18.2 Å². The smallest absolute Gasteiger partial charge is 0.326 e. The van der Waals surface area contributed by atoms with Gasteiger partial charge in [0, 0.05) is 5.69 Å². The first-order chi connectivity index (χ1) is 9.01. The fourth-order valence-corrected chi connectivity index (χ4v) is 1.76. The predicted molar refractivity (Wildman–Crippen MR) is 70.8 cm³/mol. The Kier molecular flexibility index (Phi) is 5.31. The SMILES string of the molecule is CCCCOC(=O)Cn1c(C)cc(C)c(C#N)c1=O. The van der Waals surface area contributed by atoms with E-state index in [-0.39, 0.29) is 12.1 Å². The molecule has 0 saturated heterocycles. The third-order valence-electron chi connectivity index (χ3n) is 2.86. The molecule has 0 aliphatic carbocycles. The highest BCUT2D eigenvalue weighted by Crippen LogP contribution is 2.05. The van der Waals surface area contributed by atoms with Crippen LogP contribution in [0, 0.1) is 25.2 Å². The molecule has 0 aliphatic rings. The second kappa shape index (κ2) is 6.74. The van der Waals surface area contributed by atoms with Gasteiger partial charge < -0.3 is 9.30 Å². The van der Waals surface area contributed by atoms with Crippen LogP contribution in [0.5, 0.6) is 0 Å². The second-order valence-electron chi connectivity index (χ2n) is 4.42. The summed E-state index contributed by atoms with van der Waals surface area (Å²) in [5, 5.41) is 8.94. The Balaban J connectivity index is 2.93. The molecular weight excluding hydrogens is 244 g/mol. The molecule has 0 aliphatic heterocycles. The molecule has 0 spiro atoms. The Morgan fingerprint density at radius 2 is 2.16 bits per heavy atom. The van der Waals surface area contributed by atoms with Crippen LogP contribution in [-0.4, -0.2) is 17.1 Å². The molecule has 0 saturated carbocycles. The molecule has 0 N–H and O–H groups in total. The summed E-state index contributed by atoms with van der Waals surface area (Å²) in [6.45, 7) is 5.65. The third-order valence-corrected chi connectivity index (χ3v) is 2.86. The van der Waals surface area contributed by atoms with Crippen LogP contribution >= 0.6 is 0 Å². The number of hydrogen-bond acceptors (Lipinski definition) is 4. The molecule has 0 aromatic carbocycles. The molecule has 1 heterocycles. The summed E-state index contributed by atoms with van der Waals surface area (Å²) >= 11 is 0. The fraction of sp³-hybridized carbons (Fsp3) is 0.500.